The molecule has 0 aromatic heterocycles. The number of nitrogens with zero attached hydrogens (tertiary/aromatic N) is 2. The molecule has 6 nitrogen and oxygen atoms in total. The Bertz CT molecular complexity index is 963. The maximum Gasteiger partial charge on any atom is 0.271 e. The first-order valence-corrected chi connectivity index (χ1v) is 8.11. The SMILES string of the molecule is O=[N+]([O-])c1ccc2c(c1)N(S(=O)(=O)c1ccc(F)c(F)c1F)CC2. The van der Waals surface area contributed by atoms with Crippen LogP contribution in [0.4, 0.5) is 24.5 Å². The zero-order valence-electron chi connectivity index (χ0n) is 11.9. The Kier molecular flexibility index (Phi) is 3.71. The van der Waals surface area contributed by atoms with Crippen molar-refractivity contribution in [1.29, 1.82) is 0 Å². The van der Waals surface area contributed by atoms with E-state index in [-0.39, 0.29) is 24.3 Å². The second kappa shape index (κ2) is 5.48. The quantitative estimate of drug-likeness (QED) is 0.480. The van der Waals surface area contributed by atoms with Gasteiger partial charge in [0.25, 0.3) is 15.7 Å². The van der Waals surface area contributed by atoms with E-state index in [0.717, 1.165) is 10.4 Å². The fourth-order valence-corrected chi connectivity index (χ4v) is 4.08. The van der Waals surface area contributed by atoms with E-state index in [1.807, 2.05) is 0 Å². The Labute approximate surface area is 134 Å². The van der Waals surface area contributed by atoms with Crippen LogP contribution in [-0.2, 0) is 16.4 Å². The fourth-order valence-electron chi connectivity index (χ4n) is 2.53. The zero-order chi connectivity index (χ0) is 17.6. The average molecular weight is 358 g/mol. The van der Waals surface area contributed by atoms with Crippen LogP contribution < -0.4 is 4.31 Å². The molecule has 10 heteroatoms. The summed E-state index contributed by atoms with van der Waals surface area (Å²) in [6.45, 7) is -0.0860. The van der Waals surface area contributed by atoms with E-state index in [9.17, 15) is 31.7 Å². The smallest absolute Gasteiger partial charge is 0.265 e. The van der Waals surface area contributed by atoms with Crippen LogP contribution in [-0.4, -0.2) is 19.9 Å². The van der Waals surface area contributed by atoms with Gasteiger partial charge in [0.1, 0.15) is 4.90 Å². The van der Waals surface area contributed by atoms with Gasteiger partial charge >= 0.3 is 0 Å². The van der Waals surface area contributed by atoms with E-state index in [0.29, 0.717) is 17.7 Å². The summed E-state index contributed by atoms with van der Waals surface area (Å²) in [6, 6.07) is 4.82. The lowest BCUT2D eigenvalue weighted by atomic mass is 10.1. The number of halogens is 3. The highest BCUT2D eigenvalue weighted by Crippen LogP contribution is 2.36. The number of hydrogen-bond acceptors (Lipinski definition) is 4. The number of fused-ring (bicyclic) bond motifs is 1. The predicted molar refractivity (Wildman–Crippen MR) is 77.6 cm³/mol. The van der Waals surface area contributed by atoms with Crippen LogP contribution in [0.2, 0.25) is 0 Å². The van der Waals surface area contributed by atoms with E-state index in [1.54, 1.807) is 0 Å². The third-order valence-electron chi connectivity index (χ3n) is 3.70. The molecule has 1 heterocycles. The van der Waals surface area contributed by atoms with Crippen molar-refractivity contribution < 1.29 is 26.5 Å². The molecule has 0 spiro atoms. The second-order valence-electron chi connectivity index (χ2n) is 5.07. The first-order valence-electron chi connectivity index (χ1n) is 6.67. The monoisotopic (exact) mass is 358 g/mol. The molecule has 0 amide bonds. The zero-order valence-corrected chi connectivity index (χ0v) is 12.7. The summed E-state index contributed by atoms with van der Waals surface area (Å²) in [5.41, 5.74) is 0.210. The van der Waals surface area contributed by atoms with Gasteiger partial charge in [0.15, 0.2) is 17.5 Å². The molecule has 1 aliphatic rings. The van der Waals surface area contributed by atoms with Gasteiger partial charge in [-0.25, -0.2) is 21.6 Å². The molecule has 0 saturated heterocycles. The number of hydrogen-bond donors (Lipinski definition) is 0. The molecule has 0 atom stereocenters. The summed E-state index contributed by atoms with van der Waals surface area (Å²) in [6.07, 6.45) is 0.262. The van der Waals surface area contributed by atoms with Crippen LogP contribution in [0, 0.1) is 27.6 Å². The third kappa shape index (κ3) is 2.39. The Hall–Kier alpha value is -2.62. The standard InChI is InChI=1S/C14H9F3N2O4S/c15-10-3-4-12(14(17)13(10)16)24(22,23)18-6-5-8-1-2-9(19(20)21)7-11(8)18/h1-4,7H,5-6H2. The van der Waals surface area contributed by atoms with Crippen molar-refractivity contribution in [3.05, 3.63) is 63.5 Å². The maximum absolute atomic E-state index is 13.9. The van der Waals surface area contributed by atoms with Gasteiger partial charge in [0.05, 0.1) is 10.6 Å². The molecular weight excluding hydrogens is 349 g/mol. The number of anilines is 1. The van der Waals surface area contributed by atoms with Gasteiger partial charge in [-0.15, -0.1) is 0 Å². The van der Waals surface area contributed by atoms with Crippen molar-refractivity contribution in [3.8, 4) is 0 Å². The lowest BCUT2D eigenvalue weighted by Crippen LogP contribution is -2.30. The molecule has 0 radical (unpaired) electrons. The van der Waals surface area contributed by atoms with Crippen molar-refractivity contribution >= 4 is 21.4 Å². The number of nitro benzene ring substituents is 1. The first kappa shape index (κ1) is 16.2. The van der Waals surface area contributed by atoms with Crippen molar-refractivity contribution in [2.45, 2.75) is 11.3 Å². The van der Waals surface area contributed by atoms with Crippen LogP contribution in [0.15, 0.2) is 35.2 Å². The number of nitro groups is 1. The Morgan fingerprint density at radius 3 is 2.46 bits per heavy atom. The van der Waals surface area contributed by atoms with Crippen molar-refractivity contribution in [2.24, 2.45) is 0 Å². The van der Waals surface area contributed by atoms with Gasteiger partial charge in [0.2, 0.25) is 0 Å². The summed E-state index contributed by atoms with van der Waals surface area (Å²) in [7, 11) is -4.54. The lowest BCUT2D eigenvalue weighted by Gasteiger charge is -2.20. The molecule has 0 saturated carbocycles. The molecule has 2 aromatic rings. The number of benzene rings is 2. The van der Waals surface area contributed by atoms with E-state index < -0.39 is 37.3 Å². The average Bonchev–Trinajstić information content (AvgIpc) is 2.96. The largest absolute Gasteiger partial charge is 0.271 e. The Morgan fingerprint density at radius 1 is 1.08 bits per heavy atom. The van der Waals surface area contributed by atoms with E-state index in [2.05, 4.69) is 0 Å². The van der Waals surface area contributed by atoms with Crippen LogP contribution >= 0.6 is 0 Å². The minimum atomic E-state index is -4.54. The molecule has 0 bridgehead atoms. The van der Waals surface area contributed by atoms with Crippen molar-refractivity contribution in [1.82, 2.24) is 0 Å². The van der Waals surface area contributed by atoms with Crippen molar-refractivity contribution in [3.63, 3.8) is 0 Å². The summed E-state index contributed by atoms with van der Waals surface area (Å²) >= 11 is 0. The number of sulfonamides is 1. The molecule has 3 rings (SSSR count). The molecular formula is C14H9F3N2O4S. The summed E-state index contributed by atoms with van der Waals surface area (Å²) < 4.78 is 66.2. The van der Waals surface area contributed by atoms with Crippen LogP contribution in [0.5, 0.6) is 0 Å². The van der Waals surface area contributed by atoms with Gasteiger partial charge in [-0.3, -0.25) is 14.4 Å². The molecule has 0 fully saturated rings. The van der Waals surface area contributed by atoms with Gasteiger partial charge in [0, 0.05) is 18.7 Å². The fraction of sp³-hybridized carbons (Fsp3) is 0.143. The summed E-state index contributed by atoms with van der Waals surface area (Å²) in [4.78, 5) is 9.13. The topological polar surface area (TPSA) is 80.5 Å². The predicted octanol–water partition coefficient (Wildman–Crippen LogP) is 2.76. The molecule has 0 N–H and O–H groups in total. The Morgan fingerprint density at radius 2 is 1.79 bits per heavy atom. The summed E-state index contributed by atoms with van der Waals surface area (Å²) in [5.74, 6) is -5.23. The lowest BCUT2D eigenvalue weighted by molar-refractivity contribution is -0.384. The van der Waals surface area contributed by atoms with Gasteiger partial charge < -0.3 is 0 Å². The first-order chi connectivity index (χ1) is 11.2. The van der Waals surface area contributed by atoms with E-state index in [1.165, 1.54) is 12.1 Å². The third-order valence-corrected chi connectivity index (χ3v) is 5.53. The molecule has 2 aromatic carbocycles. The molecule has 1 aliphatic heterocycles. The molecule has 0 unspecified atom stereocenters. The molecule has 0 aliphatic carbocycles. The Balaban J connectivity index is 2.13. The van der Waals surface area contributed by atoms with Gasteiger partial charge in [-0.05, 0) is 24.1 Å². The minimum Gasteiger partial charge on any atom is -0.265 e. The van der Waals surface area contributed by atoms with Gasteiger partial charge in [-0.2, -0.15) is 0 Å². The highest BCUT2D eigenvalue weighted by atomic mass is 32.2. The number of non-ortho nitro benzene ring substituents is 1. The van der Waals surface area contributed by atoms with Crippen LogP contribution in [0.25, 0.3) is 0 Å². The molecule has 24 heavy (non-hydrogen) atoms. The van der Waals surface area contributed by atoms with Crippen LogP contribution in [0.1, 0.15) is 5.56 Å². The minimum absolute atomic E-state index is 0.0216. The highest BCUT2D eigenvalue weighted by Gasteiger charge is 2.35. The second-order valence-corrected chi connectivity index (χ2v) is 6.90. The van der Waals surface area contributed by atoms with E-state index in [4.69, 9.17) is 0 Å². The van der Waals surface area contributed by atoms with Gasteiger partial charge in [-0.1, -0.05) is 6.07 Å². The summed E-state index contributed by atoms with van der Waals surface area (Å²) in [5, 5.41) is 10.8. The highest BCUT2D eigenvalue weighted by molar-refractivity contribution is 7.92. The normalized spacial score (nSPS) is 13.9. The van der Waals surface area contributed by atoms with Crippen molar-refractivity contribution in [2.75, 3.05) is 10.8 Å². The maximum atomic E-state index is 13.9. The van der Waals surface area contributed by atoms with E-state index >= 15 is 0 Å². The molecule has 126 valence electrons. The number of rotatable bonds is 3. The van der Waals surface area contributed by atoms with Crippen LogP contribution in [0.3, 0.4) is 0 Å².